The van der Waals surface area contributed by atoms with Gasteiger partial charge in [0.1, 0.15) is 17.3 Å². The number of hydrogen-bond acceptors (Lipinski definition) is 4. The molecule has 3 fully saturated rings. The number of carbonyl (C=O) groups excluding carboxylic acids is 1. The molecule has 0 radical (unpaired) electrons. The first-order valence-corrected chi connectivity index (χ1v) is 13.2. The molecule has 1 N–H and O–H groups in total. The number of aromatic nitrogens is 2. The highest BCUT2D eigenvalue weighted by atomic mass is 19.1. The van der Waals surface area contributed by atoms with Crippen LogP contribution in [0.3, 0.4) is 0 Å². The highest BCUT2D eigenvalue weighted by Crippen LogP contribution is 2.38. The molecule has 196 valence electrons. The van der Waals surface area contributed by atoms with Crippen LogP contribution in [0.1, 0.15) is 72.0 Å². The van der Waals surface area contributed by atoms with Gasteiger partial charge in [-0.15, -0.1) is 0 Å². The Hall–Kier alpha value is -3.07. The standard InChI is InChI=1S/C28H31F3N4O2/c1-34-8-4-16(5-9-34)24-13-20-26(23(31)15-32-27(20)33-24)17-6-10-35(11-7-17)28(36)19-12-22(30)25(14-21(19)29)37-18-2-3-18/h12-18H,2-11H2,1H3,(H,32,33). The zero-order valence-corrected chi connectivity index (χ0v) is 20.9. The fraction of sp³-hybridized carbons (Fsp3) is 0.500. The molecule has 37 heavy (non-hydrogen) atoms. The molecule has 3 aromatic rings. The van der Waals surface area contributed by atoms with E-state index in [9.17, 15) is 13.6 Å². The minimum absolute atomic E-state index is 0.0741. The molecule has 1 aromatic carbocycles. The molecule has 3 aliphatic rings. The number of hydrogen-bond donors (Lipinski definition) is 1. The van der Waals surface area contributed by atoms with Crippen molar-refractivity contribution in [2.24, 2.45) is 0 Å². The summed E-state index contributed by atoms with van der Waals surface area (Å²) in [5.41, 5.74) is 2.12. The Morgan fingerprint density at radius 1 is 0.919 bits per heavy atom. The van der Waals surface area contributed by atoms with E-state index in [1.54, 1.807) is 0 Å². The quantitative estimate of drug-likeness (QED) is 0.501. The topological polar surface area (TPSA) is 61.5 Å². The Morgan fingerprint density at radius 2 is 1.62 bits per heavy atom. The highest BCUT2D eigenvalue weighted by molar-refractivity contribution is 5.94. The van der Waals surface area contributed by atoms with Gasteiger partial charge in [-0.3, -0.25) is 4.79 Å². The van der Waals surface area contributed by atoms with Gasteiger partial charge in [-0.1, -0.05) is 0 Å². The number of benzene rings is 1. The zero-order chi connectivity index (χ0) is 25.7. The monoisotopic (exact) mass is 512 g/mol. The molecular weight excluding hydrogens is 481 g/mol. The number of nitrogens with zero attached hydrogens (tertiary/aromatic N) is 3. The second-order valence-electron chi connectivity index (χ2n) is 10.7. The van der Waals surface area contributed by atoms with Gasteiger partial charge in [0, 0.05) is 41.7 Å². The van der Waals surface area contributed by atoms with Crippen LogP contribution in [0.4, 0.5) is 13.2 Å². The predicted octanol–water partition coefficient (Wildman–Crippen LogP) is 5.35. The summed E-state index contributed by atoms with van der Waals surface area (Å²) in [6, 6.07) is 3.94. The van der Waals surface area contributed by atoms with Crippen LogP contribution in [0, 0.1) is 17.5 Å². The Bertz CT molecular complexity index is 1320. The van der Waals surface area contributed by atoms with Gasteiger partial charge in [0.05, 0.1) is 17.9 Å². The molecule has 6 nitrogen and oxygen atoms in total. The van der Waals surface area contributed by atoms with Gasteiger partial charge >= 0.3 is 0 Å². The van der Waals surface area contributed by atoms with Crippen LogP contribution in [0.15, 0.2) is 24.4 Å². The number of likely N-dealkylation sites (tertiary alicyclic amines) is 2. The largest absolute Gasteiger partial charge is 0.487 e. The lowest BCUT2D eigenvalue weighted by Gasteiger charge is -2.32. The van der Waals surface area contributed by atoms with E-state index in [2.05, 4.69) is 28.0 Å². The van der Waals surface area contributed by atoms with E-state index in [0.717, 1.165) is 62.0 Å². The fourth-order valence-electron chi connectivity index (χ4n) is 5.73. The lowest BCUT2D eigenvalue weighted by atomic mass is 9.87. The van der Waals surface area contributed by atoms with Gasteiger partial charge in [-0.25, -0.2) is 18.2 Å². The maximum atomic E-state index is 15.1. The number of amides is 1. The van der Waals surface area contributed by atoms with E-state index in [1.807, 2.05) is 0 Å². The van der Waals surface area contributed by atoms with E-state index < -0.39 is 17.5 Å². The van der Waals surface area contributed by atoms with Crippen molar-refractivity contribution >= 4 is 16.9 Å². The van der Waals surface area contributed by atoms with Crippen LogP contribution in [-0.2, 0) is 0 Å². The van der Waals surface area contributed by atoms with Gasteiger partial charge in [0.15, 0.2) is 11.6 Å². The van der Waals surface area contributed by atoms with Crippen LogP contribution in [-0.4, -0.2) is 65.0 Å². The molecule has 0 spiro atoms. The third kappa shape index (κ3) is 4.81. The van der Waals surface area contributed by atoms with Crippen LogP contribution in [0.25, 0.3) is 11.0 Å². The van der Waals surface area contributed by atoms with E-state index in [4.69, 9.17) is 4.74 Å². The van der Waals surface area contributed by atoms with Gasteiger partial charge in [-0.05, 0) is 76.7 Å². The summed E-state index contributed by atoms with van der Waals surface area (Å²) in [5, 5.41) is 0.804. The number of ether oxygens (including phenoxy) is 1. The van der Waals surface area contributed by atoms with E-state index in [1.165, 1.54) is 11.1 Å². The molecule has 2 aliphatic heterocycles. The Morgan fingerprint density at radius 3 is 2.32 bits per heavy atom. The van der Waals surface area contributed by atoms with Gasteiger partial charge in [0.25, 0.3) is 5.91 Å². The Kier molecular flexibility index (Phi) is 6.34. The molecular formula is C28H31F3N4O2. The maximum Gasteiger partial charge on any atom is 0.256 e. The lowest BCUT2D eigenvalue weighted by Crippen LogP contribution is -2.38. The molecule has 6 rings (SSSR count). The number of H-pyrrole nitrogens is 1. The Balaban J connectivity index is 1.18. The number of fused-ring (bicyclic) bond motifs is 1. The zero-order valence-electron chi connectivity index (χ0n) is 20.9. The van der Waals surface area contributed by atoms with Crippen molar-refractivity contribution in [2.45, 2.75) is 56.5 Å². The van der Waals surface area contributed by atoms with Crippen molar-refractivity contribution in [1.29, 1.82) is 0 Å². The van der Waals surface area contributed by atoms with Crippen molar-refractivity contribution in [3.8, 4) is 5.75 Å². The summed E-state index contributed by atoms with van der Waals surface area (Å²) >= 11 is 0. The molecule has 4 heterocycles. The van der Waals surface area contributed by atoms with Crippen LogP contribution in [0.2, 0.25) is 0 Å². The summed E-state index contributed by atoms with van der Waals surface area (Å²) in [7, 11) is 2.12. The number of halogens is 3. The average molecular weight is 513 g/mol. The SMILES string of the molecule is CN1CCC(c2cc3c(C4CCN(C(=O)c5cc(F)c(OC6CC6)cc5F)CC4)c(F)cnc3[nH]2)CC1. The second kappa shape index (κ2) is 9.67. The first kappa shape index (κ1) is 24.3. The van der Waals surface area contributed by atoms with Crippen molar-refractivity contribution < 1.29 is 22.7 Å². The molecule has 0 unspecified atom stereocenters. The van der Waals surface area contributed by atoms with Gasteiger partial charge < -0.3 is 19.5 Å². The first-order chi connectivity index (χ1) is 17.9. The number of aromatic amines is 1. The summed E-state index contributed by atoms with van der Waals surface area (Å²) in [6.07, 6.45) is 6.00. The van der Waals surface area contributed by atoms with Crippen molar-refractivity contribution in [2.75, 3.05) is 33.2 Å². The van der Waals surface area contributed by atoms with E-state index in [-0.39, 0.29) is 29.2 Å². The molecule has 0 bridgehead atoms. The summed E-state index contributed by atoms with van der Waals surface area (Å²) in [5.74, 6) is -2.27. The number of rotatable bonds is 5. The first-order valence-electron chi connectivity index (χ1n) is 13.2. The average Bonchev–Trinajstić information content (AvgIpc) is 3.61. The van der Waals surface area contributed by atoms with Crippen molar-refractivity contribution in [3.63, 3.8) is 0 Å². The van der Waals surface area contributed by atoms with E-state index >= 15 is 4.39 Å². The summed E-state index contributed by atoms with van der Waals surface area (Å²) in [6.45, 7) is 2.73. The number of piperidine rings is 2. The smallest absolute Gasteiger partial charge is 0.256 e. The van der Waals surface area contributed by atoms with Crippen molar-refractivity contribution in [3.05, 3.63) is 58.7 Å². The molecule has 2 saturated heterocycles. The van der Waals surface area contributed by atoms with Gasteiger partial charge in [-0.2, -0.15) is 0 Å². The number of nitrogens with one attached hydrogen (secondary N) is 1. The molecule has 2 aromatic heterocycles. The third-order valence-electron chi connectivity index (χ3n) is 8.09. The minimum Gasteiger partial charge on any atom is -0.487 e. The van der Waals surface area contributed by atoms with Crippen molar-refractivity contribution in [1.82, 2.24) is 19.8 Å². The predicted molar refractivity (Wildman–Crippen MR) is 133 cm³/mol. The maximum absolute atomic E-state index is 15.1. The van der Waals surface area contributed by atoms with Crippen LogP contribution >= 0.6 is 0 Å². The van der Waals surface area contributed by atoms with Crippen LogP contribution in [0.5, 0.6) is 5.75 Å². The lowest BCUT2D eigenvalue weighted by molar-refractivity contribution is 0.0707. The molecule has 1 amide bonds. The van der Waals surface area contributed by atoms with E-state index in [0.29, 0.717) is 43.1 Å². The molecule has 1 aliphatic carbocycles. The summed E-state index contributed by atoms with van der Waals surface area (Å²) < 4.78 is 49.6. The summed E-state index contributed by atoms with van der Waals surface area (Å²) in [4.78, 5) is 24.6. The number of pyridine rings is 1. The molecule has 9 heteroatoms. The normalized spacial score (nSPS) is 20.1. The second-order valence-corrected chi connectivity index (χ2v) is 10.7. The number of carbonyl (C=O) groups is 1. The minimum atomic E-state index is -0.792. The van der Waals surface area contributed by atoms with Crippen LogP contribution < -0.4 is 4.74 Å². The Labute approximate surface area is 213 Å². The molecule has 1 saturated carbocycles. The third-order valence-corrected chi connectivity index (χ3v) is 8.09. The molecule has 0 atom stereocenters. The van der Waals surface area contributed by atoms with Gasteiger partial charge in [0.2, 0.25) is 0 Å². The highest BCUT2D eigenvalue weighted by Gasteiger charge is 2.31. The fourth-order valence-corrected chi connectivity index (χ4v) is 5.73.